The minimum Gasteiger partial charge on any atom is -0.467 e. The number of aliphatic hydroxyl groups is 1. The van der Waals surface area contributed by atoms with Gasteiger partial charge < -0.3 is 19.4 Å². The molecule has 20 heavy (non-hydrogen) atoms. The first-order valence-electron chi connectivity index (χ1n) is 5.78. The summed E-state index contributed by atoms with van der Waals surface area (Å²) in [6, 6.07) is 6.64. The number of fused-ring (bicyclic) bond motifs is 1. The lowest BCUT2D eigenvalue weighted by Crippen LogP contribution is -2.39. The smallest absolute Gasteiger partial charge is 0.356 e. The molecule has 1 aromatic carbocycles. The van der Waals surface area contributed by atoms with Crippen LogP contribution >= 0.6 is 0 Å². The third-order valence-corrected chi connectivity index (χ3v) is 2.94. The van der Waals surface area contributed by atoms with Crippen LogP contribution in [0.4, 0.5) is 0 Å². The predicted octanol–water partition coefficient (Wildman–Crippen LogP) is 0.225. The maximum atomic E-state index is 11.7. The average molecular weight is 279 g/mol. The zero-order chi connectivity index (χ0) is 14.7. The molecule has 0 saturated heterocycles. The summed E-state index contributed by atoms with van der Waals surface area (Å²) >= 11 is 0. The lowest BCUT2D eigenvalue weighted by molar-refractivity contribution is -0.150. The molecule has 2 rings (SSSR count). The van der Waals surface area contributed by atoms with E-state index in [2.05, 4.69) is 14.6 Å². The number of methoxy groups -OCH3 is 2. The minimum atomic E-state index is -1.58. The van der Waals surface area contributed by atoms with E-state index in [0.717, 1.165) is 7.11 Å². The van der Waals surface area contributed by atoms with E-state index in [0.29, 0.717) is 11.3 Å². The number of hydrogen-bond donors (Lipinski definition) is 1. The number of benzene rings is 1. The molecular formula is C13H13NO6. The summed E-state index contributed by atoms with van der Waals surface area (Å²) in [7, 11) is 2.32. The Morgan fingerprint density at radius 1 is 1.30 bits per heavy atom. The highest BCUT2D eigenvalue weighted by atomic mass is 16.6. The van der Waals surface area contributed by atoms with Crippen LogP contribution in [0.15, 0.2) is 29.4 Å². The number of esters is 2. The summed E-state index contributed by atoms with van der Waals surface area (Å²) in [5.41, 5.74) is 0.268. The van der Waals surface area contributed by atoms with E-state index in [9.17, 15) is 14.7 Å². The highest BCUT2D eigenvalue weighted by Gasteiger charge is 2.40. The molecule has 2 atom stereocenters. The van der Waals surface area contributed by atoms with Crippen LogP contribution in [0.2, 0.25) is 0 Å². The van der Waals surface area contributed by atoms with Crippen LogP contribution < -0.4 is 4.84 Å². The number of ether oxygens (including phenoxy) is 2. The molecule has 7 nitrogen and oxygen atoms in total. The first-order chi connectivity index (χ1) is 9.60. The second-order valence-corrected chi connectivity index (χ2v) is 4.04. The number of hydrogen-bond acceptors (Lipinski definition) is 7. The van der Waals surface area contributed by atoms with Gasteiger partial charge in [-0.05, 0) is 6.07 Å². The summed E-state index contributed by atoms with van der Waals surface area (Å²) in [4.78, 5) is 28.3. The van der Waals surface area contributed by atoms with Crippen LogP contribution in [0.1, 0.15) is 11.5 Å². The van der Waals surface area contributed by atoms with Gasteiger partial charge in [0.2, 0.25) is 0 Å². The Labute approximate surface area is 114 Å². The molecule has 0 aromatic heterocycles. The van der Waals surface area contributed by atoms with Crippen molar-refractivity contribution in [2.45, 2.75) is 12.0 Å². The Balaban J connectivity index is 2.48. The van der Waals surface area contributed by atoms with Gasteiger partial charge in [-0.25, -0.2) is 9.59 Å². The minimum absolute atomic E-state index is 0.191. The quantitative estimate of drug-likeness (QED) is 0.796. The molecule has 0 aliphatic carbocycles. The Morgan fingerprint density at radius 2 is 2.00 bits per heavy atom. The van der Waals surface area contributed by atoms with Crippen molar-refractivity contribution in [3.8, 4) is 5.75 Å². The van der Waals surface area contributed by atoms with Crippen LogP contribution in [0, 0.1) is 0 Å². The van der Waals surface area contributed by atoms with E-state index >= 15 is 0 Å². The van der Waals surface area contributed by atoms with Crippen molar-refractivity contribution in [2.75, 3.05) is 14.2 Å². The van der Waals surface area contributed by atoms with Crippen LogP contribution in [0.5, 0.6) is 5.75 Å². The van der Waals surface area contributed by atoms with Crippen LogP contribution in [-0.2, 0) is 19.1 Å². The lowest BCUT2D eigenvalue weighted by Gasteiger charge is -2.26. The number of oxime groups is 1. The van der Waals surface area contributed by atoms with Gasteiger partial charge in [0.15, 0.2) is 17.6 Å². The molecule has 0 unspecified atom stereocenters. The summed E-state index contributed by atoms with van der Waals surface area (Å²) in [6.07, 6.45) is -1.58. The molecule has 1 aromatic rings. The van der Waals surface area contributed by atoms with Gasteiger partial charge in [0.25, 0.3) is 0 Å². The Kier molecular flexibility index (Phi) is 3.99. The molecule has 1 aliphatic heterocycles. The van der Waals surface area contributed by atoms with Gasteiger partial charge in [-0.1, -0.05) is 23.4 Å². The molecule has 1 N–H and O–H groups in total. The molecule has 0 bridgehead atoms. The van der Waals surface area contributed by atoms with Crippen molar-refractivity contribution in [2.24, 2.45) is 5.16 Å². The molecule has 0 fully saturated rings. The van der Waals surface area contributed by atoms with Gasteiger partial charge in [-0.3, -0.25) is 0 Å². The van der Waals surface area contributed by atoms with Crippen molar-refractivity contribution in [3.63, 3.8) is 0 Å². The molecule has 0 saturated carbocycles. The Morgan fingerprint density at radius 3 is 2.65 bits per heavy atom. The fourth-order valence-corrected chi connectivity index (χ4v) is 1.97. The molecule has 0 amide bonds. The van der Waals surface area contributed by atoms with Crippen LogP contribution in [-0.4, -0.2) is 43.1 Å². The predicted molar refractivity (Wildman–Crippen MR) is 67.3 cm³/mol. The van der Waals surface area contributed by atoms with E-state index in [1.54, 1.807) is 24.3 Å². The van der Waals surface area contributed by atoms with Crippen LogP contribution in [0.25, 0.3) is 0 Å². The molecule has 0 spiro atoms. The third-order valence-electron chi connectivity index (χ3n) is 2.94. The van der Waals surface area contributed by atoms with Crippen LogP contribution in [0.3, 0.4) is 0 Å². The van der Waals surface area contributed by atoms with E-state index < -0.39 is 24.0 Å². The maximum Gasteiger partial charge on any atom is 0.356 e. The zero-order valence-corrected chi connectivity index (χ0v) is 10.9. The summed E-state index contributed by atoms with van der Waals surface area (Å²) < 4.78 is 9.09. The molecule has 106 valence electrons. The van der Waals surface area contributed by atoms with E-state index in [4.69, 9.17) is 4.84 Å². The van der Waals surface area contributed by atoms with E-state index in [1.165, 1.54) is 7.11 Å². The highest BCUT2D eigenvalue weighted by molar-refractivity contribution is 6.39. The molecular weight excluding hydrogens is 266 g/mol. The maximum absolute atomic E-state index is 11.7. The number of carbonyl (C=O) groups excluding carboxylic acids is 2. The second kappa shape index (κ2) is 5.70. The lowest BCUT2D eigenvalue weighted by atomic mass is 9.87. The number of rotatable bonds is 3. The number of aliphatic hydroxyl groups excluding tert-OH is 1. The highest BCUT2D eigenvalue weighted by Crippen LogP contribution is 2.34. The number of nitrogens with zero attached hydrogens (tertiary/aromatic N) is 1. The van der Waals surface area contributed by atoms with Gasteiger partial charge in [0, 0.05) is 5.56 Å². The van der Waals surface area contributed by atoms with Gasteiger partial charge >= 0.3 is 11.9 Å². The van der Waals surface area contributed by atoms with Gasteiger partial charge in [0.1, 0.15) is 0 Å². The Hall–Kier alpha value is -2.41. The number of carbonyl (C=O) groups is 2. The molecule has 1 heterocycles. The molecule has 0 radical (unpaired) electrons. The summed E-state index contributed by atoms with van der Waals surface area (Å²) in [6.45, 7) is 0. The monoisotopic (exact) mass is 279 g/mol. The van der Waals surface area contributed by atoms with Crippen molar-refractivity contribution in [3.05, 3.63) is 29.8 Å². The number of para-hydroxylation sites is 1. The standard InChI is InChI=1S/C13H13NO6/c1-18-12(16)10-9(11(15)13(17)19-2)7-5-3-4-6-8(7)20-14-10/h3-6,9,11,15H,1-2H3/t9-,11+/m1/s1. The van der Waals surface area contributed by atoms with E-state index in [1.807, 2.05) is 0 Å². The first-order valence-corrected chi connectivity index (χ1v) is 5.78. The largest absolute Gasteiger partial charge is 0.467 e. The average Bonchev–Trinajstić information content (AvgIpc) is 2.51. The van der Waals surface area contributed by atoms with Crippen molar-refractivity contribution >= 4 is 17.7 Å². The fraction of sp³-hybridized carbons (Fsp3) is 0.308. The summed E-state index contributed by atoms with van der Waals surface area (Å²) in [5.74, 6) is -2.30. The van der Waals surface area contributed by atoms with Gasteiger partial charge in [-0.15, -0.1) is 0 Å². The fourth-order valence-electron chi connectivity index (χ4n) is 1.97. The third kappa shape index (κ3) is 2.35. The summed E-state index contributed by atoms with van der Waals surface area (Å²) in [5, 5.41) is 13.7. The SMILES string of the molecule is COC(=O)C1=NOc2ccccc2[C@H]1[C@H](O)C(=O)OC. The van der Waals surface area contributed by atoms with Crippen molar-refractivity contribution in [1.29, 1.82) is 0 Å². The normalized spacial score (nSPS) is 18.1. The first kappa shape index (κ1) is 14.0. The molecule has 7 heteroatoms. The molecule has 1 aliphatic rings. The topological polar surface area (TPSA) is 94.4 Å². The van der Waals surface area contributed by atoms with E-state index in [-0.39, 0.29) is 5.71 Å². The zero-order valence-electron chi connectivity index (χ0n) is 10.9. The van der Waals surface area contributed by atoms with Crippen molar-refractivity contribution in [1.82, 2.24) is 0 Å². The van der Waals surface area contributed by atoms with Gasteiger partial charge in [0.05, 0.1) is 20.1 Å². The van der Waals surface area contributed by atoms with Crippen molar-refractivity contribution < 1.29 is 29.0 Å². The Bertz CT molecular complexity index is 568. The second-order valence-electron chi connectivity index (χ2n) is 4.04. The van der Waals surface area contributed by atoms with Gasteiger partial charge in [-0.2, -0.15) is 0 Å².